The minimum atomic E-state index is -5.03. The van der Waals surface area contributed by atoms with Crippen LogP contribution in [0.15, 0.2) is 6.20 Å². The molecule has 0 spiro atoms. The van der Waals surface area contributed by atoms with E-state index in [9.17, 15) is 22.8 Å². The molecule has 1 fully saturated rings. The number of aromatic carboxylic acids is 1. The van der Waals surface area contributed by atoms with Crippen LogP contribution in [0.25, 0.3) is 0 Å². The molecule has 1 aromatic rings. The first-order valence-corrected chi connectivity index (χ1v) is 6.00. The van der Waals surface area contributed by atoms with Gasteiger partial charge in [0.2, 0.25) is 0 Å². The maximum atomic E-state index is 12.5. The van der Waals surface area contributed by atoms with Gasteiger partial charge in [-0.15, -0.1) is 0 Å². The van der Waals surface area contributed by atoms with Gasteiger partial charge in [-0.25, -0.2) is 9.78 Å². The lowest BCUT2D eigenvalue weighted by molar-refractivity contribution is -0.177. The van der Waals surface area contributed by atoms with Crippen LogP contribution in [0.1, 0.15) is 29.2 Å². The normalized spacial score (nSPS) is 18.2. The Morgan fingerprint density at radius 2 is 2.00 bits per heavy atom. The Hall–Kier alpha value is -2.10. The lowest BCUT2D eigenvalue weighted by Crippen LogP contribution is -2.53. The van der Waals surface area contributed by atoms with Gasteiger partial charge in [-0.2, -0.15) is 13.2 Å². The molecule has 1 saturated heterocycles. The largest absolute Gasteiger partial charge is 0.477 e. The SMILES string of the molecule is O=C(O)c1cnc(C2(NC(=O)C(F)(F)F)CCOCC2)[nH]1. The van der Waals surface area contributed by atoms with Crippen molar-refractivity contribution in [1.29, 1.82) is 0 Å². The maximum absolute atomic E-state index is 12.5. The fraction of sp³-hybridized carbons (Fsp3) is 0.545. The number of aromatic amines is 1. The zero-order valence-corrected chi connectivity index (χ0v) is 10.7. The van der Waals surface area contributed by atoms with Crippen molar-refractivity contribution >= 4 is 11.9 Å². The molecule has 2 rings (SSSR count). The quantitative estimate of drug-likeness (QED) is 0.766. The minimum Gasteiger partial charge on any atom is -0.477 e. The van der Waals surface area contributed by atoms with Crippen molar-refractivity contribution in [3.63, 3.8) is 0 Å². The third-order valence-electron chi connectivity index (χ3n) is 3.22. The van der Waals surface area contributed by atoms with E-state index < -0.39 is 23.6 Å². The van der Waals surface area contributed by atoms with Gasteiger partial charge in [0.05, 0.1) is 6.20 Å². The van der Waals surface area contributed by atoms with Gasteiger partial charge in [0.15, 0.2) is 0 Å². The third-order valence-corrected chi connectivity index (χ3v) is 3.22. The van der Waals surface area contributed by atoms with Gasteiger partial charge in [0.25, 0.3) is 0 Å². The molecule has 1 aliphatic rings. The van der Waals surface area contributed by atoms with E-state index in [4.69, 9.17) is 9.84 Å². The predicted molar refractivity (Wildman–Crippen MR) is 61.5 cm³/mol. The number of carboxylic acid groups (broad SMARTS) is 1. The molecular formula is C11H12F3N3O4. The van der Waals surface area contributed by atoms with Gasteiger partial charge in [0, 0.05) is 26.1 Å². The van der Waals surface area contributed by atoms with Crippen molar-refractivity contribution in [3.05, 3.63) is 17.7 Å². The van der Waals surface area contributed by atoms with E-state index in [1.807, 2.05) is 5.32 Å². The van der Waals surface area contributed by atoms with E-state index >= 15 is 0 Å². The minimum absolute atomic E-state index is 0.0270. The summed E-state index contributed by atoms with van der Waals surface area (Å²) >= 11 is 0. The molecule has 7 nitrogen and oxygen atoms in total. The average molecular weight is 307 g/mol. The number of carbonyl (C=O) groups is 2. The zero-order valence-electron chi connectivity index (χ0n) is 10.7. The fourth-order valence-electron chi connectivity index (χ4n) is 2.10. The first-order chi connectivity index (χ1) is 9.74. The highest BCUT2D eigenvalue weighted by atomic mass is 19.4. The highest BCUT2D eigenvalue weighted by molar-refractivity contribution is 5.85. The maximum Gasteiger partial charge on any atom is 0.471 e. The van der Waals surface area contributed by atoms with Gasteiger partial charge in [0.1, 0.15) is 17.1 Å². The van der Waals surface area contributed by atoms with E-state index in [0.29, 0.717) is 0 Å². The summed E-state index contributed by atoms with van der Waals surface area (Å²) in [6.45, 7) is 0.252. The number of nitrogens with zero attached hydrogens (tertiary/aromatic N) is 1. The van der Waals surface area contributed by atoms with E-state index in [2.05, 4.69) is 9.97 Å². The van der Waals surface area contributed by atoms with Crippen molar-refractivity contribution in [2.75, 3.05) is 13.2 Å². The second kappa shape index (κ2) is 5.35. The number of ether oxygens (including phenoxy) is 1. The molecule has 0 aliphatic carbocycles. The number of nitrogens with one attached hydrogen (secondary N) is 2. The van der Waals surface area contributed by atoms with E-state index in [1.54, 1.807) is 0 Å². The smallest absolute Gasteiger partial charge is 0.471 e. The van der Waals surface area contributed by atoms with Crippen LogP contribution < -0.4 is 5.32 Å². The predicted octanol–water partition coefficient (Wildman–Crippen LogP) is 0.792. The molecule has 0 radical (unpaired) electrons. The summed E-state index contributed by atoms with van der Waals surface area (Å²) in [6, 6.07) is 0. The Labute approximate surface area is 116 Å². The third kappa shape index (κ3) is 3.15. The van der Waals surface area contributed by atoms with Crippen LogP contribution in [0.5, 0.6) is 0 Å². The van der Waals surface area contributed by atoms with E-state index in [0.717, 1.165) is 6.20 Å². The van der Waals surface area contributed by atoms with Crippen molar-refractivity contribution in [2.24, 2.45) is 0 Å². The summed E-state index contributed by atoms with van der Waals surface area (Å²) in [5, 5.41) is 10.7. The summed E-state index contributed by atoms with van der Waals surface area (Å²) in [4.78, 5) is 28.3. The molecular weight excluding hydrogens is 295 g/mol. The van der Waals surface area contributed by atoms with Gasteiger partial charge < -0.3 is 20.1 Å². The molecule has 0 saturated carbocycles. The van der Waals surface area contributed by atoms with Crippen LogP contribution in [-0.4, -0.2) is 46.3 Å². The summed E-state index contributed by atoms with van der Waals surface area (Å²) in [5.41, 5.74) is -1.68. The highest BCUT2D eigenvalue weighted by Gasteiger charge is 2.46. The number of hydrogen-bond donors (Lipinski definition) is 3. The van der Waals surface area contributed by atoms with Crippen LogP contribution in [0.4, 0.5) is 13.2 Å². The van der Waals surface area contributed by atoms with Crippen LogP contribution in [-0.2, 0) is 15.1 Å². The van der Waals surface area contributed by atoms with Gasteiger partial charge in [-0.3, -0.25) is 4.79 Å². The Bertz CT molecular complexity index is 549. The number of halogens is 3. The first-order valence-electron chi connectivity index (χ1n) is 6.00. The van der Waals surface area contributed by atoms with Crippen LogP contribution >= 0.6 is 0 Å². The van der Waals surface area contributed by atoms with Gasteiger partial charge >= 0.3 is 18.1 Å². The topological polar surface area (TPSA) is 104 Å². The molecule has 21 heavy (non-hydrogen) atoms. The number of rotatable bonds is 3. The number of carboxylic acids is 1. The standard InChI is InChI=1S/C11H12F3N3O4/c12-11(13,14)9(20)17-10(1-3-21-4-2-10)8-15-5-6(16-8)7(18)19/h5H,1-4H2,(H,15,16)(H,17,20)(H,18,19). The van der Waals surface area contributed by atoms with Crippen molar-refractivity contribution in [2.45, 2.75) is 24.6 Å². The molecule has 1 aromatic heterocycles. The molecule has 116 valence electrons. The second-order valence-electron chi connectivity index (χ2n) is 4.60. The van der Waals surface area contributed by atoms with Crippen molar-refractivity contribution in [3.8, 4) is 0 Å². The second-order valence-corrected chi connectivity index (χ2v) is 4.60. The number of imidazole rings is 1. The van der Waals surface area contributed by atoms with Gasteiger partial charge in [-0.05, 0) is 0 Å². The Morgan fingerprint density at radius 3 is 2.48 bits per heavy atom. The Kier molecular flexibility index (Phi) is 3.90. The Balaban J connectivity index is 2.32. The number of alkyl halides is 3. The van der Waals surface area contributed by atoms with Crippen molar-refractivity contribution in [1.82, 2.24) is 15.3 Å². The number of hydrogen-bond acceptors (Lipinski definition) is 4. The molecule has 0 aromatic carbocycles. The first kappa shape index (κ1) is 15.3. The van der Waals surface area contributed by atoms with Gasteiger partial charge in [-0.1, -0.05) is 0 Å². The van der Waals surface area contributed by atoms with Crippen LogP contribution in [0.3, 0.4) is 0 Å². The summed E-state index contributed by atoms with van der Waals surface area (Å²) in [7, 11) is 0. The summed E-state index contributed by atoms with van der Waals surface area (Å²) in [6.07, 6.45) is -3.93. The lowest BCUT2D eigenvalue weighted by atomic mass is 9.89. The highest BCUT2D eigenvalue weighted by Crippen LogP contribution is 2.31. The van der Waals surface area contributed by atoms with E-state index in [-0.39, 0.29) is 37.6 Å². The summed E-state index contributed by atoms with van der Waals surface area (Å²) < 4.78 is 42.4. The zero-order chi connectivity index (χ0) is 15.7. The van der Waals surface area contributed by atoms with Crippen molar-refractivity contribution < 1.29 is 32.6 Å². The van der Waals surface area contributed by atoms with E-state index in [1.165, 1.54) is 0 Å². The van der Waals surface area contributed by atoms with Crippen LogP contribution in [0, 0.1) is 0 Å². The number of H-pyrrole nitrogens is 1. The lowest BCUT2D eigenvalue weighted by Gasteiger charge is -2.36. The van der Waals surface area contributed by atoms with Crippen LogP contribution in [0.2, 0.25) is 0 Å². The molecule has 3 N–H and O–H groups in total. The molecule has 1 amide bonds. The number of aromatic nitrogens is 2. The number of amides is 1. The molecule has 0 bridgehead atoms. The monoisotopic (exact) mass is 307 g/mol. The summed E-state index contributed by atoms with van der Waals surface area (Å²) in [5.74, 6) is -3.42. The Morgan fingerprint density at radius 1 is 1.38 bits per heavy atom. The average Bonchev–Trinajstić information content (AvgIpc) is 2.89. The number of carbonyl (C=O) groups excluding carboxylic acids is 1. The molecule has 2 heterocycles. The molecule has 0 atom stereocenters. The molecule has 0 unspecified atom stereocenters. The molecule has 10 heteroatoms. The fourth-order valence-corrected chi connectivity index (χ4v) is 2.10. The molecule has 1 aliphatic heterocycles.